The average molecular weight is 521 g/mol. The standard InChI is InChI=1S/C22H29N4.C7H8O3S/c1-16-25(17-10-4-2-5-11-17)21-22(26(16)18-12-6-3-7-13-18)24-20-15-9-8-14-19(20)23-21;1-6-2-4-7(5-3-6)11(8,9)10/h8-9,14-15,17-18H,2-7,10-13H2,1H3;2-5H,1H3,(H,8,9,10)/q+1;/p-1. The second-order valence-electron chi connectivity index (χ2n) is 10.5. The Labute approximate surface area is 219 Å². The topological polar surface area (TPSA) is 91.8 Å². The summed E-state index contributed by atoms with van der Waals surface area (Å²) in [7, 11) is -4.27. The van der Waals surface area contributed by atoms with Crippen molar-refractivity contribution in [2.45, 2.75) is 95.0 Å². The number of hydrogen-bond donors (Lipinski definition) is 0. The van der Waals surface area contributed by atoms with Gasteiger partial charge >= 0.3 is 5.65 Å². The number of nitrogens with zero attached hydrogens (tertiary/aromatic N) is 4. The molecule has 4 aromatic rings. The van der Waals surface area contributed by atoms with E-state index in [0.29, 0.717) is 12.1 Å². The summed E-state index contributed by atoms with van der Waals surface area (Å²) >= 11 is 0. The average Bonchev–Trinajstić information content (AvgIpc) is 3.19. The van der Waals surface area contributed by atoms with Gasteiger partial charge in [-0.2, -0.15) is 0 Å². The zero-order valence-corrected chi connectivity index (χ0v) is 22.6. The van der Waals surface area contributed by atoms with Crippen molar-refractivity contribution < 1.29 is 17.5 Å². The maximum Gasteiger partial charge on any atom is 0.323 e. The molecular weight excluding hydrogens is 484 g/mol. The molecule has 0 amide bonds. The van der Waals surface area contributed by atoms with Gasteiger partial charge in [-0.1, -0.05) is 47.7 Å². The molecule has 0 N–H and O–H groups in total. The highest BCUT2D eigenvalue weighted by atomic mass is 32.2. The predicted molar refractivity (Wildman–Crippen MR) is 143 cm³/mol. The quantitative estimate of drug-likeness (QED) is 0.241. The summed E-state index contributed by atoms with van der Waals surface area (Å²) in [6.45, 7) is 4.12. The Hall–Kier alpha value is -2.84. The van der Waals surface area contributed by atoms with Crippen molar-refractivity contribution in [1.29, 1.82) is 0 Å². The Morgan fingerprint density at radius 2 is 1.38 bits per heavy atom. The van der Waals surface area contributed by atoms with Crippen LogP contribution in [0.25, 0.3) is 22.3 Å². The van der Waals surface area contributed by atoms with E-state index in [4.69, 9.17) is 9.97 Å². The van der Waals surface area contributed by atoms with Crippen molar-refractivity contribution in [1.82, 2.24) is 14.5 Å². The number of fused-ring (bicyclic) bond motifs is 2. The molecule has 0 unspecified atom stereocenters. The summed E-state index contributed by atoms with van der Waals surface area (Å²) in [5.41, 5.74) is 5.19. The SMILES string of the molecule is Cc1ccc(S(=O)(=O)[O-])cc1.Cc1n(C2CCCCC2)c2nc3ccccc3nc2[n+]1C1CCCCC1. The van der Waals surface area contributed by atoms with E-state index in [1.807, 2.05) is 6.92 Å². The number of imidazole rings is 1. The molecule has 6 rings (SSSR count). The van der Waals surface area contributed by atoms with Crippen LogP contribution < -0.4 is 4.57 Å². The van der Waals surface area contributed by atoms with Crippen molar-refractivity contribution in [3.05, 3.63) is 59.9 Å². The minimum Gasteiger partial charge on any atom is -0.744 e. The summed E-state index contributed by atoms with van der Waals surface area (Å²) in [6.07, 6.45) is 13.3. The lowest BCUT2D eigenvalue weighted by molar-refractivity contribution is -0.709. The molecule has 0 radical (unpaired) electrons. The highest BCUT2D eigenvalue weighted by molar-refractivity contribution is 7.85. The molecule has 8 heteroatoms. The molecule has 0 bridgehead atoms. The highest BCUT2D eigenvalue weighted by Gasteiger charge is 2.33. The molecule has 0 saturated heterocycles. The van der Waals surface area contributed by atoms with E-state index in [2.05, 4.69) is 40.3 Å². The van der Waals surface area contributed by atoms with Crippen molar-refractivity contribution in [3.63, 3.8) is 0 Å². The maximum absolute atomic E-state index is 10.4. The van der Waals surface area contributed by atoms with Crippen LogP contribution in [0.1, 0.15) is 87.7 Å². The first-order valence-corrected chi connectivity index (χ1v) is 14.9. The van der Waals surface area contributed by atoms with Gasteiger partial charge in [-0.3, -0.25) is 0 Å². The fourth-order valence-electron chi connectivity index (χ4n) is 5.98. The Bertz CT molecular complexity index is 1410. The Morgan fingerprint density at radius 1 is 0.811 bits per heavy atom. The number of hydrogen-bond acceptors (Lipinski definition) is 5. The van der Waals surface area contributed by atoms with Crippen LogP contribution in [0.3, 0.4) is 0 Å². The lowest BCUT2D eigenvalue weighted by Gasteiger charge is -2.23. The van der Waals surface area contributed by atoms with E-state index in [9.17, 15) is 13.0 Å². The zero-order valence-electron chi connectivity index (χ0n) is 21.8. The van der Waals surface area contributed by atoms with Gasteiger partial charge in [0.25, 0.3) is 5.65 Å². The molecule has 2 aromatic carbocycles. The van der Waals surface area contributed by atoms with Crippen LogP contribution in [0.15, 0.2) is 53.4 Å². The minimum atomic E-state index is -4.27. The van der Waals surface area contributed by atoms with Crippen molar-refractivity contribution in [2.75, 3.05) is 0 Å². The Balaban J connectivity index is 0.000000215. The van der Waals surface area contributed by atoms with E-state index < -0.39 is 10.1 Å². The Morgan fingerprint density at radius 3 is 1.97 bits per heavy atom. The fraction of sp³-hybridized carbons (Fsp3) is 0.483. The molecule has 2 aliphatic carbocycles. The van der Waals surface area contributed by atoms with Gasteiger partial charge in [-0.25, -0.2) is 22.5 Å². The number of para-hydroxylation sites is 2. The van der Waals surface area contributed by atoms with Crippen LogP contribution >= 0.6 is 0 Å². The van der Waals surface area contributed by atoms with Crippen LogP contribution in [-0.4, -0.2) is 27.5 Å². The fourth-order valence-corrected chi connectivity index (χ4v) is 6.45. The minimum absolute atomic E-state index is 0.178. The van der Waals surface area contributed by atoms with Crippen LogP contribution in [0.4, 0.5) is 0 Å². The summed E-state index contributed by atoms with van der Waals surface area (Å²) in [5.74, 6) is 1.37. The molecular formula is C29H36N4O3S. The number of aromatic nitrogens is 4. The maximum atomic E-state index is 10.4. The largest absolute Gasteiger partial charge is 0.744 e. The van der Waals surface area contributed by atoms with Gasteiger partial charge in [0.2, 0.25) is 5.82 Å². The molecule has 7 nitrogen and oxygen atoms in total. The van der Waals surface area contributed by atoms with E-state index in [0.717, 1.165) is 27.9 Å². The number of aryl methyl sites for hydroxylation is 1. The lowest BCUT2D eigenvalue weighted by atomic mass is 9.95. The summed E-state index contributed by atoms with van der Waals surface area (Å²) in [5, 5.41) is 0. The molecule has 0 aliphatic heterocycles. The first-order valence-electron chi connectivity index (χ1n) is 13.5. The summed E-state index contributed by atoms with van der Waals surface area (Å²) < 4.78 is 36.3. The second-order valence-corrected chi connectivity index (χ2v) is 11.9. The van der Waals surface area contributed by atoms with Crippen molar-refractivity contribution in [3.8, 4) is 0 Å². The molecule has 0 spiro atoms. The molecule has 37 heavy (non-hydrogen) atoms. The predicted octanol–water partition coefficient (Wildman–Crippen LogP) is 6.09. The van der Waals surface area contributed by atoms with E-state index in [-0.39, 0.29) is 4.90 Å². The van der Waals surface area contributed by atoms with Crippen LogP contribution in [0.2, 0.25) is 0 Å². The number of rotatable bonds is 3. The zero-order chi connectivity index (χ0) is 26.0. The van der Waals surface area contributed by atoms with Crippen LogP contribution in [0, 0.1) is 13.8 Å². The molecule has 196 valence electrons. The second kappa shape index (κ2) is 10.9. The Kier molecular flexibility index (Phi) is 7.58. The third-order valence-corrected chi connectivity index (χ3v) is 8.73. The molecule has 2 aliphatic rings. The van der Waals surface area contributed by atoms with E-state index >= 15 is 0 Å². The smallest absolute Gasteiger partial charge is 0.323 e. The van der Waals surface area contributed by atoms with Gasteiger partial charge in [0.15, 0.2) is 5.52 Å². The van der Waals surface area contributed by atoms with Gasteiger partial charge in [0.05, 0.1) is 17.0 Å². The van der Waals surface area contributed by atoms with Crippen LogP contribution in [0.5, 0.6) is 0 Å². The summed E-state index contributed by atoms with van der Waals surface area (Å²) in [4.78, 5) is 10.0. The van der Waals surface area contributed by atoms with Gasteiger partial charge in [-0.15, -0.1) is 0 Å². The van der Waals surface area contributed by atoms with E-state index in [1.54, 1.807) is 12.1 Å². The summed E-state index contributed by atoms with van der Waals surface area (Å²) in [6, 6.07) is 15.3. The van der Waals surface area contributed by atoms with Crippen LogP contribution in [-0.2, 0) is 10.1 Å². The molecule has 2 aromatic heterocycles. The van der Waals surface area contributed by atoms with Gasteiger partial charge < -0.3 is 4.55 Å². The van der Waals surface area contributed by atoms with Gasteiger partial charge in [0.1, 0.15) is 15.6 Å². The molecule has 2 fully saturated rings. The molecule has 0 atom stereocenters. The molecule has 2 saturated carbocycles. The monoisotopic (exact) mass is 520 g/mol. The third-order valence-electron chi connectivity index (χ3n) is 7.88. The normalized spacial score (nSPS) is 17.6. The van der Waals surface area contributed by atoms with E-state index in [1.165, 1.54) is 82.2 Å². The van der Waals surface area contributed by atoms with Gasteiger partial charge in [0, 0.05) is 6.92 Å². The third kappa shape index (κ3) is 5.55. The number of benzene rings is 2. The lowest BCUT2D eigenvalue weighted by Crippen LogP contribution is -2.43. The van der Waals surface area contributed by atoms with Gasteiger partial charge in [-0.05, 0) is 82.6 Å². The first kappa shape index (κ1) is 25.8. The first-order chi connectivity index (χ1) is 17.8. The highest BCUT2D eigenvalue weighted by Crippen LogP contribution is 2.33. The van der Waals surface area contributed by atoms with Crippen molar-refractivity contribution in [2.24, 2.45) is 0 Å². The van der Waals surface area contributed by atoms with Crippen molar-refractivity contribution >= 4 is 32.4 Å². The molecule has 2 heterocycles.